The van der Waals surface area contributed by atoms with Crippen molar-refractivity contribution in [3.05, 3.63) is 34.0 Å². The van der Waals surface area contributed by atoms with Crippen LogP contribution in [0.5, 0.6) is 0 Å². The van der Waals surface area contributed by atoms with E-state index in [1.165, 1.54) is 23.5 Å². The lowest BCUT2D eigenvalue weighted by molar-refractivity contribution is 0.236. The first-order valence-electron chi connectivity index (χ1n) is 5.11. The number of hydrogen-bond donors (Lipinski definition) is 2. The Bertz CT molecular complexity index is 630. The first-order valence-corrected chi connectivity index (χ1v) is 7.48. The third kappa shape index (κ3) is 2.96. The van der Waals surface area contributed by atoms with Gasteiger partial charge in [0, 0.05) is 5.38 Å². The van der Waals surface area contributed by atoms with Crippen LogP contribution in [0.1, 0.15) is 16.5 Å². The van der Waals surface area contributed by atoms with Gasteiger partial charge in [-0.15, -0.1) is 11.3 Å². The number of hydrogen-bond acceptors (Lipinski definition) is 6. The Morgan fingerprint density at radius 1 is 1.50 bits per heavy atom. The summed E-state index contributed by atoms with van der Waals surface area (Å²) in [4.78, 5) is 4.15. The number of nitrogens with zero attached hydrogens (tertiary/aromatic N) is 1. The van der Waals surface area contributed by atoms with E-state index in [1.54, 1.807) is 5.38 Å². The molecular weight excluding hydrogens is 276 g/mol. The molecule has 0 saturated heterocycles. The van der Waals surface area contributed by atoms with Gasteiger partial charge in [0.2, 0.25) is 5.09 Å². The molecule has 2 aromatic rings. The van der Waals surface area contributed by atoms with Gasteiger partial charge in [0.15, 0.2) is 0 Å². The largest absolute Gasteiger partial charge is 0.446 e. The van der Waals surface area contributed by atoms with Gasteiger partial charge in [-0.05, 0) is 19.1 Å². The Kier molecular flexibility index (Phi) is 3.81. The van der Waals surface area contributed by atoms with Crippen molar-refractivity contribution in [3.63, 3.8) is 0 Å². The SMILES string of the molecule is Cc1nc(CNS(=O)(=O)c2ccc(CO)o2)cs1. The van der Waals surface area contributed by atoms with Gasteiger partial charge in [0.25, 0.3) is 10.0 Å². The second-order valence-electron chi connectivity index (χ2n) is 3.56. The fourth-order valence-corrected chi connectivity index (χ4v) is 2.87. The first kappa shape index (κ1) is 13.2. The molecule has 2 aromatic heterocycles. The van der Waals surface area contributed by atoms with Gasteiger partial charge in [-0.1, -0.05) is 0 Å². The van der Waals surface area contributed by atoms with E-state index < -0.39 is 10.0 Å². The molecule has 0 amide bonds. The van der Waals surface area contributed by atoms with Crippen molar-refractivity contribution in [2.75, 3.05) is 0 Å². The van der Waals surface area contributed by atoms with E-state index in [2.05, 4.69) is 9.71 Å². The fraction of sp³-hybridized carbons (Fsp3) is 0.300. The third-order valence-corrected chi connectivity index (χ3v) is 4.26. The Morgan fingerprint density at radius 2 is 2.28 bits per heavy atom. The molecule has 0 atom stereocenters. The highest BCUT2D eigenvalue weighted by Crippen LogP contribution is 2.14. The maximum absolute atomic E-state index is 11.8. The second-order valence-corrected chi connectivity index (χ2v) is 6.32. The smallest absolute Gasteiger partial charge is 0.274 e. The van der Waals surface area contributed by atoms with Crippen molar-refractivity contribution in [3.8, 4) is 0 Å². The lowest BCUT2D eigenvalue weighted by atomic mass is 10.5. The molecule has 0 spiro atoms. The predicted molar refractivity (Wildman–Crippen MR) is 65.5 cm³/mol. The number of furan rings is 1. The van der Waals surface area contributed by atoms with Crippen LogP contribution in [0.2, 0.25) is 0 Å². The molecule has 0 saturated carbocycles. The standard InChI is InChI=1S/C10H12N2O4S2/c1-7-12-8(6-17-7)4-11-18(14,15)10-3-2-9(5-13)16-10/h2-3,6,11,13H,4-5H2,1H3. The number of aliphatic hydroxyl groups is 1. The maximum Gasteiger partial charge on any atom is 0.274 e. The minimum absolute atomic E-state index is 0.113. The van der Waals surface area contributed by atoms with Gasteiger partial charge in [0.05, 0.1) is 17.2 Å². The lowest BCUT2D eigenvalue weighted by Gasteiger charge is -2.01. The van der Waals surface area contributed by atoms with Crippen LogP contribution in [-0.2, 0) is 23.2 Å². The molecule has 2 N–H and O–H groups in total. The highest BCUT2D eigenvalue weighted by atomic mass is 32.2. The molecule has 0 unspecified atom stereocenters. The zero-order chi connectivity index (χ0) is 13.2. The van der Waals surface area contributed by atoms with E-state index in [9.17, 15) is 8.42 Å². The van der Waals surface area contributed by atoms with Crippen LogP contribution < -0.4 is 4.72 Å². The Balaban J connectivity index is 2.07. The molecule has 2 rings (SSSR count). The van der Waals surface area contributed by atoms with Crippen molar-refractivity contribution in [1.29, 1.82) is 0 Å². The van der Waals surface area contributed by atoms with Gasteiger partial charge >= 0.3 is 0 Å². The van der Waals surface area contributed by atoms with E-state index >= 15 is 0 Å². The molecular formula is C10H12N2O4S2. The molecule has 2 heterocycles. The number of aryl methyl sites for hydroxylation is 1. The fourth-order valence-electron chi connectivity index (χ4n) is 1.32. The van der Waals surface area contributed by atoms with Crippen LogP contribution in [0.25, 0.3) is 0 Å². The van der Waals surface area contributed by atoms with Crippen LogP contribution in [-0.4, -0.2) is 18.5 Å². The summed E-state index contributed by atoms with van der Waals surface area (Å²) in [5.74, 6) is 0.208. The molecule has 0 aliphatic heterocycles. The van der Waals surface area contributed by atoms with Gasteiger partial charge in [-0.25, -0.2) is 18.1 Å². The summed E-state index contributed by atoms with van der Waals surface area (Å²) in [7, 11) is -3.70. The van der Waals surface area contributed by atoms with Crippen LogP contribution >= 0.6 is 11.3 Å². The summed E-state index contributed by atoms with van der Waals surface area (Å²) in [6.45, 7) is 1.63. The van der Waals surface area contributed by atoms with Gasteiger partial charge in [-0.3, -0.25) is 0 Å². The second kappa shape index (κ2) is 5.19. The normalized spacial score (nSPS) is 11.9. The first-order chi connectivity index (χ1) is 8.51. The Morgan fingerprint density at radius 3 is 2.83 bits per heavy atom. The summed E-state index contributed by atoms with van der Waals surface area (Å²) >= 11 is 1.46. The van der Waals surface area contributed by atoms with Gasteiger partial charge in [0.1, 0.15) is 12.4 Å². The van der Waals surface area contributed by atoms with E-state index in [0.717, 1.165) is 5.01 Å². The monoisotopic (exact) mass is 288 g/mol. The molecule has 0 bridgehead atoms. The molecule has 8 heteroatoms. The van der Waals surface area contributed by atoms with Crippen molar-refractivity contribution in [2.24, 2.45) is 0 Å². The maximum atomic E-state index is 11.8. The minimum atomic E-state index is -3.70. The number of sulfonamides is 1. The highest BCUT2D eigenvalue weighted by molar-refractivity contribution is 7.89. The van der Waals surface area contributed by atoms with Crippen molar-refractivity contribution in [1.82, 2.24) is 9.71 Å². The van der Waals surface area contributed by atoms with Crippen molar-refractivity contribution in [2.45, 2.75) is 25.2 Å². The van der Waals surface area contributed by atoms with Crippen LogP contribution in [0, 0.1) is 6.92 Å². The molecule has 0 fully saturated rings. The zero-order valence-electron chi connectivity index (χ0n) is 9.58. The van der Waals surface area contributed by atoms with Crippen molar-refractivity contribution >= 4 is 21.4 Å². The molecule has 0 aliphatic rings. The van der Waals surface area contributed by atoms with E-state index in [-0.39, 0.29) is 24.0 Å². The van der Waals surface area contributed by atoms with E-state index in [0.29, 0.717) is 5.69 Å². The summed E-state index contributed by atoms with van der Waals surface area (Å²) in [5.41, 5.74) is 0.662. The van der Waals surface area contributed by atoms with E-state index in [1.807, 2.05) is 6.92 Å². The van der Waals surface area contributed by atoms with Crippen molar-refractivity contribution < 1.29 is 17.9 Å². The quantitative estimate of drug-likeness (QED) is 0.856. The lowest BCUT2D eigenvalue weighted by Crippen LogP contribution is -2.22. The summed E-state index contributed by atoms with van der Waals surface area (Å²) in [6.07, 6.45) is 0. The number of aromatic nitrogens is 1. The number of nitrogens with one attached hydrogen (secondary N) is 1. The van der Waals surface area contributed by atoms with Gasteiger partial charge in [-0.2, -0.15) is 0 Å². The van der Waals surface area contributed by atoms with E-state index in [4.69, 9.17) is 9.52 Å². The summed E-state index contributed by atoms with van der Waals surface area (Å²) in [6, 6.07) is 2.72. The molecule has 0 radical (unpaired) electrons. The predicted octanol–water partition coefficient (Wildman–Crippen LogP) is 1.02. The van der Waals surface area contributed by atoms with Crippen LogP contribution in [0.15, 0.2) is 27.0 Å². The van der Waals surface area contributed by atoms with Gasteiger partial charge < -0.3 is 9.52 Å². The molecule has 6 nitrogen and oxygen atoms in total. The minimum Gasteiger partial charge on any atom is -0.446 e. The Hall–Kier alpha value is -1.22. The molecule has 0 aromatic carbocycles. The molecule has 0 aliphatic carbocycles. The topological polar surface area (TPSA) is 92.4 Å². The summed E-state index contributed by atoms with van der Waals surface area (Å²) in [5, 5.41) is 11.3. The zero-order valence-corrected chi connectivity index (χ0v) is 11.2. The number of thiazole rings is 1. The average molecular weight is 288 g/mol. The average Bonchev–Trinajstić information content (AvgIpc) is 2.95. The number of aliphatic hydroxyl groups excluding tert-OH is 1. The molecule has 18 heavy (non-hydrogen) atoms. The third-order valence-electron chi connectivity index (χ3n) is 2.17. The Labute approximate surface area is 108 Å². The highest BCUT2D eigenvalue weighted by Gasteiger charge is 2.18. The van der Waals surface area contributed by atoms with Crippen LogP contribution in [0.4, 0.5) is 0 Å². The molecule has 98 valence electrons. The van der Waals surface area contributed by atoms with Crippen LogP contribution in [0.3, 0.4) is 0 Å². The number of rotatable bonds is 5. The summed E-state index contributed by atoms with van der Waals surface area (Å²) < 4.78 is 31.0.